The molecular weight excluding hydrogens is 326 g/mol. The summed E-state index contributed by atoms with van der Waals surface area (Å²) in [7, 11) is 0. The molecule has 0 aliphatic rings. The van der Waals surface area contributed by atoms with E-state index in [0.29, 0.717) is 9.21 Å². The van der Waals surface area contributed by atoms with E-state index in [-0.39, 0.29) is 12.6 Å². The first-order valence-corrected chi connectivity index (χ1v) is 8.22. The van der Waals surface area contributed by atoms with Gasteiger partial charge in [-0.05, 0) is 12.1 Å². The summed E-state index contributed by atoms with van der Waals surface area (Å²) in [5.74, 6) is -0.374. The number of halogens is 1. The Kier molecular flexibility index (Phi) is 4.34. The molecule has 0 aliphatic carbocycles. The first-order chi connectivity index (χ1) is 10.2. The molecule has 0 N–H and O–H groups in total. The maximum absolute atomic E-state index is 11.8. The summed E-state index contributed by atoms with van der Waals surface area (Å²) in [6.07, 6.45) is 0. The van der Waals surface area contributed by atoms with Crippen molar-refractivity contribution in [3.8, 4) is 10.6 Å². The average Bonchev–Trinajstić information content (AvgIpc) is 3.15. The van der Waals surface area contributed by atoms with Crippen molar-refractivity contribution in [2.45, 2.75) is 6.61 Å². The molecule has 0 aliphatic heterocycles. The highest BCUT2D eigenvalue weighted by atomic mass is 35.5. The first-order valence-electron chi connectivity index (χ1n) is 6.14. The topological polar surface area (TPSA) is 39.2 Å². The molecule has 21 heavy (non-hydrogen) atoms. The zero-order chi connectivity index (χ0) is 14.7. The number of thiazole rings is 1. The van der Waals surface area contributed by atoms with E-state index in [1.165, 1.54) is 22.7 Å². The normalized spacial score (nSPS) is 10.5. The summed E-state index contributed by atoms with van der Waals surface area (Å²) >= 11 is 8.53. The fourth-order valence-electron chi connectivity index (χ4n) is 1.72. The molecule has 3 rings (SSSR count). The Labute approximate surface area is 134 Å². The lowest BCUT2D eigenvalue weighted by molar-refractivity contribution is 0.0474. The van der Waals surface area contributed by atoms with E-state index >= 15 is 0 Å². The third-order valence-electron chi connectivity index (χ3n) is 2.70. The Morgan fingerprint density at radius 2 is 2.00 bits per heavy atom. The fourth-order valence-corrected chi connectivity index (χ4v) is 3.47. The molecule has 3 nitrogen and oxygen atoms in total. The van der Waals surface area contributed by atoms with Crippen LogP contribution in [0.3, 0.4) is 0 Å². The van der Waals surface area contributed by atoms with Gasteiger partial charge in [0.1, 0.15) is 16.5 Å². The molecule has 3 aromatic rings. The van der Waals surface area contributed by atoms with Crippen LogP contribution in [-0.4, -0.2) is 11.0 Å². The molecular formula is C15H10ClNO2S2. The van der Waals surface area contributed by atoms with Gasteiger partial charge in [0.2, 0.25) is 0 Å². The number of nitrogens with zero attached hydrogens (tertiary/aromatic N) is 1. The predicted molar refractivity (Wildman–Crippen MR) is 86.0 cm³/mol. The largest absolute Gasteiger partial charge is 0.455 e. The maximum atomic E-state index is 11.8. The van der Waals surface area contributed by atoms with Gasteiger partial charge >= 0.3 is 5.97 Å². The third-order valence-corrected chi connectivity index (χ3v) is 4.85. The lowest BCUT2D eigenvalue weighted by atomic mass is 10.2. The summed E-state index contributed by atoms with van der Waals surface area (Å²) in [6.45, 7) is 0.164. The number of hydrogen-bond acceptors (Lipinski definition) is 5. The molecule has 0 unspecified atom stereocenters. The van der Waals surface area contributed by atoms with Crippen LogP contribution in [-0.2, 0) is 11.3 Å². The number of carbonyl (C=O) groups is 1. The van der Waals surface area contributed by atoms with Crippen molar-refractivity contribution in [2.75, 3.05) is 0 Å². The monoisotopic (exact) mass is 335 g/mol. The zero-order valence-corrected chi connectivity index (χ0v) is 13.2. The summed E-state index contributed by atoms with van der Waals surface area (Å²) in [5.41, 5.74) is 1.81. The van der Waals surface area contributed by atoms with E-state index in [2.05, 4.69) is 4.98 Å². The highest BCUT2D eigenvalue weighted by Crippen LogP contribution is 2.25. The molecule has 0 fully saturated rings. The summed E-state index contributed by atoms with van der Waals surface area (Å²) in [5, 5.41) is 2.82. The van der Waals surface area contributed by atoms with Crippen molar-refractivity contribution >= 4 is 40.2 Å². The van der Waals surface area contributed by atoms with E-state index in [4.69, 9.17) is 16.3 Å². The number of esters is 1. The standard InChI is InChI=1S/C15H10ClNO2S2/c16-13-7-6-12(21-13)15(18)19-8-11-9-20-14(17-11)10-4-2-1-3-5-10/h1-7,9H,8H2. The molecule has 0 saturated carbocycles. The van der Waals surface area contributed by atoms with Crippen LogP contribution < -0.4 is 0 Å². The van der Waals surface area contributed by atoms with Gasteiger partial charge in [-0.1, -0.05) is 41.9 Å². The molecule has 6 heteroatoms. The van der Waals surface area contributed by atoms with Crippen LogP contribution >= 0.6 is 34.3 Å². The number of aromatic nitrogens is 1. The summed E-state index contributed by atoms with van der Waals surface area (Å²) < 4.78 is 5.80. The highest BCUT2D eigenvalue weighted by molar-refractivity contribution is 7.17. The van der Waals surface area contributed by atoms with Gasteiger partial charge in [-0.3, -0.25) is 0 Å². The van der Waals surface area contributed by atoms with Gasteiger partial charge in [-0.15, -0.1) is 22.7 Å². The van der Waals surface area contributed by atoms with Crippen molar-refractivity contribution in [3.63, 3.8) is 0 Å². The Balaban J connectivity index is 1.64. The molecule has 0 bridgehead atoms. The third kappa shape index (κ3) is 3.50. The van der Waals surface area contributed by atoms with Gasteiger partial charge < -0.3 is 4.74 Å². The van der Waals surface area contributed by atoms with Crippen molar-refractivity contribution < 1.29 is 9.53 Å². The number of benzene rings is 1. The van der Waals surface area contributed by atoms with Crippen LogP contribution in [0.25, 0.3) is 10.6 Å². The molecule has 1 aromatic carbocycles. The minimum absolute atomic E-state index is 0.164. The number of hydrogen-bond donors (Lipinski definition) is 0. The predicted octanol–water partition coefficient (Wildman–Crippen LogP) is 4.88. The Morgan fingerprint density at radius 3 is 2.71 bits per heavy atom. The van der Waals surface area contributed by atoms with E-state index < -0.39 is 0 Å². The van der Waals surface area contributed by atoms with Crippen LogP contribution in [0, 0.1) is 0 Å². The van der Waals surface area contributed by atoms with Gasteiger partial charge in [-0.25, -0.2) is 9.78 Å². The molecule has 2 heterocycles. The number of carbonyl (C=O) groups excluding carboxylic acids is 1. The van der Waals surface area contributed by atoms with Crippen LogP contribution in [0.15, 0.2) is 47.8 Å². The van der Waals surface area contributed by atoms with Gasteiger partial charge in [-0.2, -0.15) is 0 Å². The lowest BCUT2D eigenvalue weighted by Crippen LogP contribution is -2.03. The fraction of sp³-hybridized carbons (Fsp3) is 0.0667. The quantitative estimate of drug-likeness (QED) is 0.638. The first kappa shape index (κ1) is 14.3. The van der Waals surface area contributed by atoms with Crippen molar-refractivity contribution in [2.24, 2.45) is 0 Å². The summed E-state index contributed by atoms with van der Waals surface area (Å²) in [6, 6.07) is 13.2. The van der Waals surface area contributed by atoms with Crippen molar-refractivity contribution in [3.05, 3.63) is 62.8 Å². The van der Waals surface area contributed by atoms with Crippen molar-refractivity contribution in [1.82, 2.24) is 4.98 Å². The second-order valence-electron chi connectivity index (χ2n) is 4.19. The van der Waals surface area contributed by atoms with Crippen LogP contribution in [0.4, 0.5) is 0 Å². The molecule has 0 radical (unpaired) electrons. The second-order valence-corrected chi connectivity index (χ2v) is 6.76. The van der Waals surface area contributed by atoms with Crippen LogP contribution in [0.5, 0.6) is 0 Å². The van der Waals surface area contributed by atoms with E-state index in [0.717, 1.165) is 16.3 Å². The average molecular weight is 336 g/mol. The maximum Gasteiger partial charge on any atom is 0.348 e. The number of rotatable bonds is 4. The van der Waals surface area contributed by atoms with Gasteiger partial charge in [0.15, 0.2) is 0 Å². The van der Waals surface area contributed by atoms with Gasteiger partial charge in [0.05, 0.1) is 10.0 Å². The molecule has 0 amide bonds. The highest BCUT2D eigenvalue weighted by Gasteiger charge is 2.11. The van der Waals surface area contributed by atoms with E-state index in [9.17, 15) is 4.79 Å². The van der Waals surface area contributed by atoms with E-state index in [1.807, 2.05) is 35.7 Å². The second kappa shape index (κ2) is 6.39. The summed E-state index contributed by atoms with van der Waals surface area (Å²) in [4.78, 5) is 16.8. The van der Waals surface area contributed by atoms with Crippen LogP contribution in [0.2, 0.25) is 4.34 Å². The van der Waals surface area contributed by atoms with Gasteiger partial charge in [0.25, 0.3) is 0 Å². The Bertz CT molecular complexity index is 752. The SMILES string of the molecule is O=C(OCc1csc(-c2ccccc2)n1)c1ccc(Cl)s1. The smallest absolute Gasteiger partial charge is 0.348 e. The Morgan fingerprint density at radius 1 is 1.19 bits per heavy atom. The minimum atomic E-state index is -0.374. The molecule has 0 spiro atoms. The molecule has 0 saturated heterocycles. The van der Waals surface area contributed by atoms with E-state index in [1.54, 1.807) is 12.1 Å². The molecule has 106 valence electrons. The number of thiophene rings is 1. The Hall–Kier alpha value is -1.69. The molecule has 2 aromatic heterocycles. The zero-order valence-electron chi connectivity index (χ0n) is 10.8. The van der Waals surface area contributed by atoms with Gasteiger partial charge in [0, 0.05) is 10.9 Å². The van der Waals surface area contributed by atoms with Crippen LogP contribution in [0.1, 0.15) is 15.4 Å². The minimum Gasteiger partial charge on any atom is -0.455 e. The lowest BCUT2D eigenvalue weighted by Gasteiger charge is -2.00. The molecule has 0 atom stereocenters. The van der Waals surface area contributed by atoms with Crippen molar-refractivity contribution in [1.29, 1.82) is 0 Å². The number of ether oxygens (including phenoxy) is 1.